The maximum absolute atomic E-state index is 10.2. The van der Waals surface area contributed by atoms with Crippen LogP contribution in [-0.2, 0) is 0 Å². The molecule has 0 heterocycles. The number of hydrogen-bond donors (Lipinski definition) is 2. The van der Waals surface area contributed by atoms with Crippen LogP contribution in [0.1, 0.15) is 55.4 Å². The molecule has 0 aliphatic carbocycles. The van der Waals surface area contributed by atoms with Crippen LogP contribution in [0.3, 0.4) is 0 Å². The molecule has 0 fully saturated rings. The Labute approximate surface area is 143 Å². The third kappa shape index (κ3) is 21.1. The zero-order valence-electron chi connectivity index (χ0n) is 16.2. The minimum Gasteiger partial charge on any atom is -0.889 e. The van der Waals surface area contributed by atoms with Gasteiger partial charge in [-0.05, 0) is 55.4 Å². The Hall–Kier alpha value is -0.875. The summed E-state index contributed by atoms with van der Waals surface area (Å²) in [6.45, 7) is 17.7. The molecule has 134 valence electrons. The molecule has 0 aliphatic rings. The van der Waals surface area contributed by atoms with Gasteiger partial charge < -0.3 is 20.7 Å². The fraction of sp³-hybridized carbons (Fsp3) is 0.667. The normalized spacial score (nSPS) is 10.3. The fourth-order valence-corrected chi connectivity index (χ4v) is 2.15. The molecule has 0 aliphatic heterocycles. The van der Waals surface area contributed by atoms with Crippen LogP contribution < -0.4 is 26.1 Å². The van der Waals surface area contributed by atoms with Gasteiger partial charge in [0.1, 0.15) is 0 Å². The molecule has 0 amide bonds. The maximum Gasteiger partial charge on any atom is 0.0803 e. The van der Waals surface area contributed by atoms with Crippen molar-refractivity contribution in [1.29, 1.82) is 0 Å². The highest BCUT2D eigenvalue weighted by atomic mass is 16.4. The predicted molar refractivity (Wildman–Crippen MR) is 96.2 cm³/mol. The molecule has 0 spiro atoms. The smallest absolute Gasteiger partial charge is 0.0803 e. The van der Waals surface area contributed by atoms with Crippen molar-refractivity contribution in [2.45, 2.75) is 79.6 Å². The van der Waals surface area contributed by atoms with E-state index >= 15 is 0 Å². The van der Waals surface area contributed by atoms with Crippen molar-refractivity contribution in [2.24, 2.45) is 0 Å². The van der Waals surface area contributed by atoms with Gasteiger partial charge in [0.2, 0.25) is 0 Å². The molecule has 0 aromatic heterocycles. The standard InChI is InChI=1S/C6H5BO2.2C6H15N/c8-7(9)6-4-2-1-3-5-6;2*1-5(2)7-6(3)4/h1-5H;2*5-7H,1-4H3/q-2;;/p+2. The maximum atomic E-state index is 10.2. The van der Waals surface area contributed by atoms with Gasteiger partial charge in [0.05, 0.1) is 24.2 Å². The first kappa shape index (κ1) is 24.4. The quantitative estimate of drug-likeness (QED) is 0.670. The molecule has 23 heavy (non-hydrogen) atoms. The second-order valence-corrected chi connectivity index (χ2v) is 7.10. The van der Waals surface area contributed by atoms with E-state index in [1.807, 2.05) is 0 Å². The van der Waals surface area contributed by atoms with Gasteiger partial charge in [-0.2, -0.15) is 0 Å². The van der Waals surface area contributed by atoms with Crippen LogP contribution in [0, 0.1) is 0 Å². The summed E-state index contributed by atoms with van der Waals surface area (Å²) in [4.78, 5) is 0. The zero-order valence-corrected chi connectivity index (χ0v) is 16.2. The topological polar surface area (TPSA) is 79.3 Å². The van der Waals surface area contributed by atoms with E-state index in [0.717, 1.165) is 24.2 Å². The van der Waals surface area contributed by atoms with Gasteiger partial charge in [-0.1, -0.05) is 37.5 Å². The average Bonchev–Trinajstić information content (AvgIpc) is 2.37. The van der Waals surface area contributed by atoms with Gasteiger partial charge >= 0.3 is 0 Å². The summed E-state index contributed by atoms with van der Waals surface area (Å²) >= 11 is 0. The minimum atomic E-state index is -1.84. The van der Waals surface area contributed by atoms with Crippen LogP contribution in [0.2, 0.25) is 0 Å². The first-order valence-corrected chi connectivity index (χ1v) is 8.62. The average molecular weight is 324 g/mol. The fourth-order valence-electron chi connectivity index (χ4n) is 2.15. The highest BCUT2D eigenvalue weighted by Crippen LogP contribution is 1.79. The molecule has 0 saturated carbocycles. The van der Waals surface area contributed by atoms with Crippen LogP contribution >= 0.6 is 0 Å². The third-order valence-electron chi connectivity index (χ3n) is 2.61. The number of nitrogens with two attached hydrogens (primary N) is 2. The van der Waals surface area contributed by atoms with Crippen molar-refractivity contribution in [2.75, 3.05) is 0 Å². The third-order valence-corrected chi connectivity index (χ3v) is 2.61. The van der Waals surface area contributed by atoms with Crippen molar-refractivity contribution in [3.05, 3.63) is 30.3 Å². The van der Waals surface area contributed by atoms with E-state index in [1.54, 1.807) is 18.2 Å². The van der Waals surface area contributed by atoms with Gasteiger partial charge in [-0.25, -0.2) is 0 Å². The summed E-state index contributed by atoms with van der Waals surface area (Å²) in [7, 11) is -1.84. The van der Waals surface area contributed by atoms with Crippen molar-refractivity contribution in [3.63, 3.8) is 0 Å². The molecule has 0 saturated heterocycles. The number of hydrogen-bond acceptors (Lipinski definition) is 2. The van der Waals surface area contributed by atoms with Crippen LogP contribution in [0.25, 0.3) is 0 Å². The Morgan fingerprint density at radius 1 is 0.652 bits per heavy atom. The predicted octanol–water partition coefficient (Wildman–Crippen LogP) is -1.16. The van der Waals surface area contributed by atoms with E-state index in [1.165, 1.54) is 12.1 Å². The lowest BCUT2D eigenvalue weighted by Gasteiger charge is -2.26. The summed E-state index contributed by atoms with van der Waals surface area (Å²) in [5.74, 6) is 0. The van der Waals surface area contributed by atoms with E-state index in [4.69, 9.17) is 0 Å². The molecule has 1 aromatic rings. The molecule has 4 N–H and O–H groups in total. The Kier molecular flexibility index (Phi) is 15.6. The van der Waals surface area contributed by atoms with Gasteiger partial charge in [0.25, 0.3) is 0 Å². The molecule has 1 rings (SSSR count). The summed E-state index contributed by atoms with van der Waals surface area (Å²) in [5, 5.41) is 25.0. The second kappa shape index (κ2) is 14.7. The SMILES string of the molecule is CC(C)[NH2+]C(C)C.CC(C)[NH2+]C(C)C.[O-]B([O-])c1ccccc1. The lowest BCUT2D eigenvalue weighted by atomic mass is 9.81. The van der Waals surface area contributed by atoms with Crippen LogP contribution in [-0.4, -0.2) is 31.3 Å². The van der Waals surface area contributed by atoms with Gasteiger partial charge in [0.15, 0.2) is 0 Å². The minimum absolute atomic E-state index is 0.303. The van der Waals surface area contributed by atoms with E-state index < -0.39 is 7.12 Å². The summed E-state index contributed by atoms with van der Waals surface area (Å²) in [6.07, 6.45) is 0. The van der Waals surface area contributed by atoms with Crippen LogP contribution in [0.5, 0.6) is 0 Å². The Morgan fingerprint density at radius 3 is 1.09 bits per heavy atom. The first-order chi connectivity index (χ1) is 10.6. The molecule has 0 radical (unpaired) electrons. The van der Waals surface area contributed by atoms with Crippen molar-refractivity contribution < 1.29 is 20.7 Å². The zero-order chi connectivity index (χ0) is 18.4. The molecule has 1 aromatic carbocycles. The number of rotatable bonds is 5. The Balaban J connectivity index is 0. The monoisotopic (exact) mass is 324 g/mol. The van der Waals surface area contributed by atoms with Crippen molar-refractivity contribution in [1.82, 2.24) is 0 Å². The van der Waals surface area contributed by atoms with Crippen LogP contribution in [0.15, 0.2) is 30.3 Å². The molecule has 4 nitrogen and oxygen atoms in total. The van der Waals surface area contributed by atoms with E-state index in [-0.39, 0.29) is 0 Å². The summed E-state index contributed by atoms with van der Waals surface area (Å²) in [6, 6.07) is 11.2. The van der Waals surface area contributed by atoms with Gasteiger partial charge in [-0.3, -0.25) is 0 Å². The molecule has 0 unspecified atom stereocenters. The van der Waals surface area contributed by atoms with Gasteiger partial charge in [-0.15, -0.1) is 5.46 Å². The first-order valence-electron chi connectivity index (χ1n) is 8.62. The molecule has 5 heteroatoms. The highest BCUT2D eigenvalue weighted by Gasteiger charge is 1.97. The number of quaternary nitrogens is 2. The lowest BCUT2D eigenvalue weighted by molar-refractivity contribution is -0.709. The Morgan fingerprint density at radius 2 is 0.957 bits per heavy atom. The van der Waals surface area contributed by atoms with E-state index in [2.05, 4.69) is 66.0 Å². The highest BCUT2D eigenvalue weighted by molar-refractivity contribution is 6.55. The molecular weight excluding hydrogens is 287 g/mol. The van der Waals surface area contributed by atoms with E-state index in [9.17, 15) is 10.0 Å². The molecule has 0 atom stereocenters. The largest absolute Gasteiger partial charge is 0.889 e. The second-order valence-electron chi connectivity index (χ2n) is 7.10. The lowest BCUT2D eigenvalue weighted by Crippen LogP contribution is -2.92. The summed E-state index contributed by atoms with van der Waals surface area (Å²) < 4.78 is 0. The van der Waals surface area contributed by atoms with Crippen molar-refractivity contribution in [3.8, 4) is 0 Å². The number of benzene rings is 1. The molecular formula is C18H37BN2O2. The van der Waals surface area contributed by atoms with Gasteiger partial charge in [0, 0.05) is 0 Å². The Bertz CT molecular complexity index is 329. The van der Waals surface area contributed by atoms with E-state index in [0.29, 0.717) is 5.46 Å². The summed E-state index contributed by atoms with van der Waals surface area (Å²) in [5.41, 5.74) is 0.303. The molecule has 0 bridgehead atoms. The van der Waals surface area contributed by atoms with Crippen molar-refractivity contribution >= 4 is 12.6 Å². The van der Waals surface area contributed by atoms with Crippen LogP contribution in [0.4, 0.5) is 0 Å².